The summed E-state index contributed by atoms with van der Waals surface area (Å²) in [5.74, 6) is 0.358. The highest BCUT2D eigenvalue weighted by atomic mass is 16.5. The van der Waals surface area contributed by atoms with E-state index in [1.165, 1.54) is 6.92 Å². The van der Waals surface area contributed by atoms with Crippen LogP contribution in [-0.4, -0.2) is 22.7 Å². The molecule has 2 unspecified atom stereocenters. The number of hydrogen-bond donors (Lipinski definition) is 1. The Bertz CT molecular complexity index is 1160. The molecule has 2 atom stereocenters. The number of aliphatic hydroxyl groups excluding tert-OH is 1. The third-order valence-electron chi connectivity index (χ3n) is 5.64. The van der Waals surface area contributed by atoms with Crippen molar-refractivity contribution in [2.75, 3.05) is 10.0 Å². The highest BCUT2D eigenvalue weighted by molar-refractivity contribution is 5.94. The molecule has 0 spiro atoms. The number of hydrogen-bond acceptors (Lipinski definition) is 5. The molecular formula is C26H25N3O3. The lowest BCUT2D eigenvalue weighted by Crippen LogP contribution is -2.59. The number of anilines is 2. The zero-order chi connectivity index (χ0) is 22.9. The minimum atomic E-state index is -1.00. The summed E-state index contributed by atoms with van der Waals surface area (Å²) < 4.78 is 6.10. The Kier molecular flexibility index (Phi) is 5.60. The second-order valence-corrected chi connectivity index (χ2v) is 8.31. The fourth-order valence-electron chi connectivity index (χ4n) is 4.11. The van der Waals surface area contributed by atoms with Crippen molar-refractivity contribution >= 4 is 17.3 Å². The Labute approximate surface area is 187 Å². The van der Waals surface area contributed by atoms with Crippen LogP contribution in [0.4, 0.5) is 11.4 Å². The van der Waals surface area contributed by atoms with Gasteiger partial charge in [-0.15, -0.1) is 0 Å². The van der Waals surface area contributed by atoms with Crippen molar-refractivity contribution in [2.45, 2.75) is 38.5 Å². The average Bonchev–Trinajstić information content (AvgIpc) is 2.79. The normalized spacial score (nSPS) is 18.6. The number of amides is 1. The molecule has 1 aliphatic heterocycles. The molecule has 3 aromatic rings. The molecule has 1 amide bonds. The highest BCUT2D eigenvalue weighted by Gasteiger charge is 2.48. The van der Waals surface area contributed by atoms with Gasteiger partial charge in [-0.3, -0.25) is 9.80 Å². The van der Waals surface area contributed by atoms with Gasteiger partial charge in [-0.25, -0.2) is 5.01 Å². The van der Waals surface area contributed by atoms with Crippen LogP contribution in [-0.2, 0) is 4.79 Å². The van der Waals surface area contributed by atoms with Crippen molar-refractivity contribution in [2.24, 2.45) is 0 Å². The van der Waals surface area contributed by atoms with Gasteiger partial charge in [0.15, 0.2) is 0 Å². The minimum absolute atomic E-state index is 0.213. The summed E-state index contributed by atoms with van der Waals surface area (Å²) in [6.07, 6.45) is -1.00. The topological polar surface area (TPSA) is 76.8 Å². The summed E-state index contributed by atoms with van der Waals surface area (Å²) in [7, 11) is 0. The largest absolute Gasteiger partial charge is 0.485 e. The lowest BCUT2D eigenvalue weighted by Gasteiger charge is -2.49. The van der Waals surface area contributed by atoms with Gasteiger partial charge < -0.3 is 9.84 Å². The van der Waals surface area contributed by atoms with Gasteiger partial charge in [-0.1, -0.05) is 36.4 Å². The lowest BCUT2D eigenvalue weighted by molar-refractivity contribution is -0.117. The van der Waals surface area contributed by atoms with Crippen LogP contribution in [0.25, 0.3) is 0 Å². The van der Waals surface area contributed by atoms with Gasteiger partial charge in [-0.05, 0) is 56.3 Å². The molecule has 0 aliphatic carbocycles. The van der Waals surface area contributed by atoms with Crippen LogP contribution in [0.15, 0.2) is 78.9 Å². The van der Waals surface area contributed by atoms with Crippen LogP contribution in [0.1, 0.15) is 37.9 Å². The molecule has 0 radical (unpaired) electrons. The van der Waals surface area contributed by atoms with E-state index in [0.717, 1.165) is 5.69 Å². The van der Waals surface area contributed by atoms with Gasteiger partial charge in [0.05, 0.1) is 23.0 Å². The van der Waals surface area contributed by atoms with Gasteiger partial charge in [0, 0.05) is 12.5 Å². The average molecular weight is 428 g/mol. The van der Waals surface area contributed by atoms with Crippen LogP contribution in [0.3, 0.4) is 0 Å². The maximum absolute atomic E-state index is 13.0. The zero-order valence-corrected chi connectivity index (χ0v) is 18.3. The molecule has 162 valence electrons. The van der Waals surface area contributed by atoms with Crippen molar-refractivity contribution in [1.29, 1.82) is 5.26 Å². The zero-order valence-electron chi connectivity index (χ0n) is 18.3. The van der Waals surface area contributed by atoms with Crippen LogP contribution >= 0.6 is 0 Å². The Morgan fingerprint density at radius 2 is 1.59 bits per heavy atom. The molecule has 32 heavy (non-hydrogen) atoms. The van der Waals surface area contributed by atoms with Crippen LogP contribution in [0.5, 0.6) is 5.75 Å². The first kappa shape index (κ1) is 21.4. The van der Waals surface area contributed by atoms with Gasteiger partial charge in [0.25, 0.3) is 0 Å². The van der Waals surface area contributed by atoms with Crippen LogP contribution < -0.4 is 14.8 Å². The van der Waals surface area contributed by atoms with Gasteiger partial charge in [0.2, 0.25) is 5.91 Å². The van der Waals surface area contributed by atoms with Crippen molar-refractivity contribution in [3.63, 3.8) is 0 Å². The summed E-state index contributed by atoms with van der Waals surface area (Å²) >= 11 is 0. The predicted octanol–water partition coefficient (Wildman–Crippen LogP) is 4.61. The van der Waals surface area contributed by atoms with E-state index in [4.69, 9.17) is 4.74 Å². The molecule has 6 heteroatoms. The van der Waals surface area contributed by atoms with Crippen LogP contribution in [0, 0.1) is 11.3 Å². The van der Waals surface area contributed by atoms with Crippen molar-refractivity contribution in [3.8, 4) is 11.8 Å². The standard InChI is InChI=1S/C26H25N3O3/c1-18(30)28(20-10-6-4-7-11-20)29(21-12-8-5-9-13-21)24-22-16-19(17-27)14-15-23(22)32-26(2,3)25(24)31/h4-16,24-25,31H,1-3H3. The summed E-state index contributed by atoms with van der Waals surface area (Å²) in [4.78, 5) is 13.0. The summed E-state index contributed by atoms with van der Waals surface area (Å²) in [6.45, 7) is 5.12. The SMILES string of the molecule is CC(=O)N(c1ccccc1)N(c1ccccc1)C1c2cc(C#N)ccc2OC(C)(C)C1O. The number of para-hydroxylation sites is 2. The molecule has 0 saturated carbocycles. The van der Waals surface area contributed by atoms with Crippen molar-refractivity contribution in [1.82, 2.24) is 0 Å². The number of nitrogens with zero attached hydrogens (tertiary/aromatic N) is 3. The molecule has 0 fully saturated rings. The van der Waals surface area contributed by atoms with E-state index in [1.54, 1.807) is 28.2 Å². The van der Waals surface area contributed by atoms with Crippen molar-refractivity contribution < 1.29 is 14.6 Å². The highest BCUT2D eigenvalue weighted by Crippen LogP contribution is 2.46. The molecule has 3 aromatic carbocycles. The number of carbonyl (C=O) groups is 1. The summed E-state index contributed by atoms with van der Waals surface area (Å²) in [5.41, 5.74) is 1.55. The molecule has 4 rings (SSSR count). The maximum atomic E-state index is 13.0. The molecule has 6 nitrogen and oxygen atoms in total. The molecular weight excluding hydrogens is 402 g/mol. The smallest absolute Gasteiger partial charge is 0.242 e. The van der Waals surface area contributed by atoms with Gasteiger partial charge in [0.1, 0.15) is 23.5 Å². The third-order valence-corrected chi connectivity index (χ3v) is 5.64. The number of hydrazine groups is 1. The Balaban J connectivity index is 1.99. The monoisotopic (exact) mass is 427 g/mol. The van der Waals surface area contributed by atoms with E-state index in [2.05, 4.69) is 6.07 Å². The number of aliphatic hydroxyl groups is 1. The predicted molar refractivity (Wildman–Crippen MR) is 123 cm³/mol. The fraction of sp³-hybridized carbons (Fsp3) is 0.231. The Morgan fingerprint density at radius 3 is 2.16 bits per heavy atom. The van der Waals surface area contributed by atoms with E-state index in [1.807, 2.05) is 74.5 Å². The lowest BCUT2D eigenvalue weighted by atomic mass is 9.85. The minimum Gasteiger partial charge on any atom is -0.485 e. The molecule has 1 heterocycles. The van der Waals surface area contributed by atoms with E-state index < -0.39 is 17.7 Å². The number of rotatable bonds is 4. The first-order valence-corrected chi connectivity index (χ1v) is 10.4. The van der Waals surface area contributed by atoms with Gasteiger partial charge >= 0.3 is 0 Å². The maximum Gasteiger partial charge on any atom is 0.242 e. The Hall–Kier alpha value is -3.82. The molecule has 1 N–H and O–H groups in total. The quantitative estimate of drug-likeness (QED) is 0.616. The number of carbonyl (C=O) groups excluding carboxylic acids is 1. The van der Waals surface area contributed by atoms with Gasteiger partial charge in [-0.2, -0.15) is 5.26 Å². The van der Waals surface area contributed by atoms with Crippen LogP contribution in [0.2, 0.25) is 0 Å². The van der Waals surface area contributed by atoms with E-state index in [-0.39, 0.29) is 5.91 Å². The number of ether oxygens (including phenoxy) is 1. The number of fused-ring (bicyclic) bond motifs is 1. The first-order valence-electron chi connectivity index (χ1n) is 10.4. The molecule has 0 aromatic heterocycles. The first-order chi connectivity index (χ1) is 15.3. The number of nitriles is 1. The molecule has 0 saturated heterocycles. The number of benzene rings is 3. The van der Waals surface area contributed by atoms with E-state index >= 15 is 0 Å². The summed E-state index contributed by atoms with van der Waals surface area (Å²) in [5, 5.41) is 24.4. The van der Waals surface area contributed by atoms with E-state index in [0.29, 0.717) is 22.6 Å². The molecule has 0 bridgehead atoms. The molecule has 1 aliphatic rings. The second kappa shape index (κ2) is 8.37. The fourth-order valence-corrected chi connectivity index (χ4v) is 4.11. The summed E-state index contributed by atoms with van der Waals surface area (Å²) in [6, 6.07) is 25.4. The second-order valence-electron chi connectivity index (χ2n) is 8.31. The Morgan fingerprint density at radius 1 is 1.00 bits per heavy atom. The third kappa shape index (κ3) is 3.79. The van der Waals surface area contributed by atoms with Crippen molar-refractivity contribution in [3.05, 3.63) is 90.0 Å². The van der Waals surface area contributed by atoms with E-state index in [9.17, 15) is 15.2 Å².